The van der Waals surface area contributed by atoms with Crippen LogP contribution in [0.1, 0.15) is 35.4 Å². The number of aryl methyl sites for hydroxylation is 3. The molecule has 0 bridgehead atoms. The number of anilines is 1. The molecule has 0 saturated carbocycles. The van der Waals surface area contributed by atoms with Crippen molar-refractivity contribution in [1.82, 2.24) is 10.2 Å². The molecule has 8 heteroatoms. The molecule has 4 rings (SSSR count). The van der Waals surface area contributed by atoms with Crippen molar-refractivity contribution in [3.8, 4) is 11.5 Å². The Labute approximate surface area is 165 Å². The van der Waals surface area contributed by atoms with Crippen LogP contribution in [-0.2, 0) is 30.2 Å². The number of amides is 1. The van der Waals surface area contributed by atoms with Crippen molar-refractivity contribution < 1.29 is 22.4 Å². The van der Waals surface area contributed by atoms with E-state index in [4.69, 9.17) is 4.42 Å². The Bertz CT molecular complexity index is 1040. The molecular formula is C21H18F3N3O2. The number of nitrogens with one attached hydrogen (secondary N) is 1. The van der Waals surface area contributed by atoms with Gasteiger partial charge in [0.25, 0.3) is 0 Å². The molecule has 150 valence electrons. The van der Waals surface area contributed by atoms with E-state index in [-0.39, 0.29) is 36.1 Å². The Morgan fingerprint density at radius 1 is 1.07 bits per heavy atom. The number of fused-ring (bicyclic) bond motifs is 1. The number of benzene rings is 2. The van der Waals surface area contributed by atoms with Gasteiger partial charge in [0.1, 0.15) is 0 Å². The van der Waals surface area contributed by atoms with Crippen molar-refractivity contribution in [2.75, 3.05) is 5.32 Å². The number of aromatic nitrogens is 2. The van der Waals surface area contributed by atoms with E-state index in [1.807, 2.05) is 18.2 Å². The van der Waals surface area contributed by atoms with Crippen LogP contribution in [0.5, 0.6) is 0 Å². The Kier molecular flexibility index (Phi) is 5.08. The van der Waals surface area contributed by atoms with Gasteiger partial charge in [-0.3, -0.25) is 4.79 Å². The summed E-state index contributed by atoms with van der Waals surface area (Å²) in [4.78, 5) is 12.2. The third kappa shape index (κ3) is 4.47. The molecule has 1 N–H and O–H groups in total. The Hall–Kier alpha value is -3.16. The fourth-order valence-corrected chi connectivity index (χ4v) is 3.39. The molecule has 0 aliphatic heterocycles. The summed E-state index contributed by atoms with van der Waals surface area (Å²) in [6.45, 7) is 0. The van der Waals surface area contributed by atoms with Crippen LogP contribution in [-0.4, -0.2) is 16.1 Å². The predicted octanol–water partition coefficient (Wildman–Crippen LogP) is 4.82. The van der Waals surface area contributed by atoms with Gasteiger partial charge in [-0.05, 0) is 60.7 Å². The van der Waals surface area contributed by atoms with E-state index in [0.29, 0.717) is 0 Å². The van der Waals surface area contributed by atoms with Crippen molar-refractivity contribution in [2.24, 2.45) is 0 Å². The minimum atomic E-state index is -4.45. The SMILES string of the molecule is O=C(CCc1nnc(-c2cccc(C(F)(F)F)c2)o1)Nc1ccc2c(c1)CCC2. The summed E-state index contributed by atoms with van der Waals surface area (Å²) >= 11 is 0. The largest absolute Gasteiger partial charge is 0.421 e. The zero-order valence-corrected chi connectivity index (χ0v) is 15.4. The van der Waals surface area contributed by atoms with E-state index in [1.54, 1.807) is 0 Å². The second kappa shape index (κ2) is 7.69. The normalized spacial score (nSPS) is 13.3. The number of rotatable bonds is 5. The van der Waals surface area contributed by atoms with Crippen LogP contribution in [0.15, 0.2) is 46.9 Å². The molecule has 0 spiro atoms. The first-order chi connectivity index (χ1) is 13.9. The van der Waals surface area contributed by atoms with Gasteiger partial charge < -0.3 is 9.73 Å². The molecule has 3 aromatic rings. The van der Waals surface area contributed by atoms with E-state index < -0.39 is 11.7 Å². The lowest BCUT2D eigenvalue weighted by Crippen LogP contribution is -2.12. The van der Waals surface area contributed by atoms with E-state index in [9.17, 15) is 18.0 Å². The van der Waals surface area contributed by atoms with Crippen LogP contribution in [0, 0.1) is 0 Å². The quantitative estimate of drug-likeness (QED) is 0.666. The molecule has 1 aliphatic carbocycles. The molecule has 29 heavy (non-hydrogen) atoms. The van der Waals surface area contributed by atoms with Gasteiger partial charge in [0.2, 0.25) is 17.7 Å². The number of carbonyl (C=O) groups excluding carboxylic acids is 1. The molecule has 5 nitrogen and oxygen atoms in total. The maximum absolute atomic E-state index is 12.8. The second-order valence-corrected chi connectivity index (χ2v) is 6.96. The Balaban J connectivity index is 1.36. The summed E-state index contributed by atoms with van der Waals surface area (Å²) in [6, 6.07) is 10.6. The van der Waals surface area contributed by atoms with Gasteiger partial charge in [0, 0.05) is 24.1 Å². The first kappa shape index (κ1) is 19.2. The molecule has 0 unspecified atom stereocenters. The van der Waals surface area contributed by atoms with Crippen LogP contribution in [0.4, 0.5) is 18.9 Å². The summed E-state index contributed by atoms with van der Waals surface area (Å²) in [5.41, 5.74) is 2.75. The second-order valence-electron chi connectivity index (χ2n) is 6.96. The third-order valence-electron chi connectivity index (χ3n) is 4.85. The van der Waals surface area contributed by atoms with Crippen molar-refractivity contribution in [1.29, 1.82) is 0 Å². The molecule has 1 amide bonds. The number of hydrogen-bond donors (Lipinski definition) is 1. The summed E-state index contributed by atoms with van der Waals surface area (Å²) in [6.07, 6.45) is -0.884. The van der Waals surface area contributed by atoms with E-state index in [0.717, 1.165) is 37.1 Å². The number of hydrogen-bond acceptors (Lipinski definition) is 4. The lowest BCUT2D eigenvalue weighted by Gasteiger charge is -2.07. The number of alkyl halides is 3. The molecule has 2 aromatic carbocycles. The van der Waals surface area contributed by atoms with E-state index >= 15 is 0 Å². The number of carbonyl (C=O) groups is 1. The maximum atomic E-state index is 12.8. The fourth-order valence-electron chi connectivity index (χ4n) is 3.39. The van der Waals surface area contributed by atoms with Gasteiger partial charge in [-0.1, -0.05) is 12.1 Å². The minimum Gasteiger partial charge on any atom is -0.421 e. The van der Waals surface area contributed by atoms with Crippen LogP contribution in [0.2, 0.25) is 0 Å². The molecule has 0 fully saturated rings. The van der Waals surface area contributed by atoms with Gasteiger partial charge in [0.15, 0.2) is 0 Å². The van der Waals surface area contributed by atoms with E-state index in [2.05, 4.69) is 15.5 Å². The zero-order valence-electron chi connectivity index (χ0n) is 15.4. The third-order valence-corrected chi connectivity index (χ3v) is 4.85. The molecule has 1 aliphatic rings. The highest BCUT2D eigenvalue weighted by Crippen LogP contribution is 2.32. The monoisotopic (exact) mass is 401 g/mol. The predicted molar refractivity (Wildman–Crippen MR) is 100 cm³/mol. The van der Waals surface area contributed by atoms with Gasteiger partial charge in [-0.15, -0.1) is 10.2 Å². The summed E-state index contributed by atoms with van der Waals surface area (Å²) < 4.78 is 43.9. The van der Waals surface area contributed by atoms with Crippen molar-refractivity contribution >= 4 is 11.6 Å². The lowest BCUT2D eigenvalue weighted by atomic mass is 10.1. The Morgan fingerprint density at radius 3 is 2.72 bits per heavy atom. The van der Waals surface area contributed by atoms with Crippen LogP contribution in [0.25, 0.3) is 11.5 Å². The van der Waals surface area contributed by atoms with Crippen molar-refractivity contribution in [3.63, 3.8) is 0 Å². The van der Waals surface area contributed by atoms with Gasteiger partial charge in [-0.25, -0.2) is 0 Å². The van der Waals surface area contributed by atoms with Crippen molar-refractivity contribution in [2.45, 2.75) is 38.3 Å². The minimum absolute atomic E-state index is 0.00914. The lowest BCUT2D eigenvalue weighted by molar-refractivity contribution is -0.137. The molecule has 1 heterocycles. The average Bonchev–Trinajstić information content (AvgIpc) is 3.35. The smallest absolute Gasteiger partial charge is 0.416 e. The van der Waals surface area contributed by atoms with Crippen LogP contribution >= 0.6 is 0 Å². The fraction of sp³-hybridized carbons (Fsp3) is 0.286. The molecular weight excluding hydrogens is 383 g/mol. The first-order valence-corrected chi connectivity index (χ1v) is 9.30. The highest BCUT2D eigenvalue weighted by molar-refractivity contribution is 5.90. The van der Waals surface area contributed by atoms with Gasteiger partial charge in [-0.2, -0.15) is 13.2 Å². The Morgan fingerprint density at radius 2 is 1.90 bits per heavy atom. The van der Waals surface area contributed by atoms with Crippen molar-refractivity contribution in [3.05, 3.63) is 65.0 Å². The molecule has 1 aromatic heterocycles. The average molecular weight is 401 g/mol. The summed E-state index contributed by atoms with van der Waals surface area (Å²) in [5, 5.41) is 10.5. The maximum Gasteiger partial charge on any atom is 0.416 e. The standard InChI is InChI=1S/C21H18F3N3O2/c22-21(23,24)16-6-2-5-15(11-16)20-27-26-19(29-20)10-9-18(28)25-17-8-7-13-3-1-4-14(13)12-17/h2,5-8,11-12H,1,3-4,9-10H2,(H,25,28). The first-order valence-electron chi connectivity index (χ1n) is 9.30. The molecule has 0 radical (unpaired) electrons. The highest BCUT2D eigenvalue weighted by atomic mass is 19.4. The number of nitrogens with zero attached hydrogens (tertiary/aromatic N) is 2. The van der Waals surface area contributed by atoms with E-state index in [1.165, 1.54) is 23.3 Å². The van der Waals surface area contributed by atoms with Gasteiger partial charge in [0.05, 0.1) is 5.56 Å². The van der Waals surface area contributed by atoms with Gasteiger partial charge >= 0.3 is 6.18 Å². The summed E-state index contributed by atoms with van der Waals surface area (Å²) in [5.74, 6) is -0.00610. The molecule has 0 saturated heterocycles. The topological polar surface area (TPSA) is 68.0 Å². The summed E-state index contributed by atoms with van der Waals surface area (Å²) in [7, 11) is 0. The van der Waals surface area contributed by atoms with Crippen LogP contribution < -0.4 is 5.32 Å². The molecule has 0 atom stereocenters. The highest BCUT2D eigenvalue weighted by Gasteiger charge is 2.30. The van der Waals surface area contributed by atoms with Crippen LogP contribution in [0.3, 0.4) is 0 Å². The number of halogens is 3. The zero-order chi connectivity index (χ0) is 20.4.